The predicted octanol–water partition coefficient (Wildman–Crippen LogP) is 3.02. The SMILES string of the molecule is C=CCO[C@@H]1CN(Cc2scnc2C)[C@@H]2CCCO[C@@H]21.O=C(O)C(F)(F)F. The largest absolute Gasteiger partial charge is 0.490 e. The third kappa shape index (κ3) is 6.00. The summed E-state index contributed by atoms with van der Waals surface area (Å²) in [6.07, 6.45) is -0.527. The van der Waals surface area contributed by atoms with Crippen LogP contribution < -0.4 is 0 Å². The standard InChI is InChI=1S/C15H22N2O2S.C2HF3O2/c1-3-6-18-13-8-17(9-14-11(2)16-10-20-14)12-5-4-7-19-15(12)13;3-2(4,5)1(6)7/h3,10,12-13,15H,1,4-9H2,2H3;(H,6,7)/t12-,13-,15+;/m1./s1. The molecule has 3 atom stereocenters. The molecular formula is C17H23F3N2O4S. The van der Waals surface area contributed by atoms with Crippen molar-refractivity contribution in [1.29, 1.82) is 0 Å². The van der Waals surface area contributed by atoms with Crippen molar-refractivity contribution in [3.8, 4) is 0 Å². The number of halogens is 3. The fraction of sp³-hybridized carbons (Fsp3) is 0.647. The maximum atomic E-state index is 10.6. The van der Waals surface area contributed by atoms with E-state index in [1.54, 1.807) is 11.3 Å². The molecule has 1 aromatic rings. The minimum atomic E-state index is -5.08. The zero-order valence-electron chi connectivity index (χ0n) is 14.9. The minimum absolute atomic E-state index is 0.173. The zero-order valence-corrected chi connectivity index (χ0v) is 15.8. The van der Waals surface area contributed by atoms with Crippen LogP contribution in [0.5, 0.6) is 0 Å². The van der Waals surface area contributed by atoms with Gasteiger partial charge in [-0.2, -0.15) is 13.2 Å². The molecule has 1 N–H and O–H groups in total. The summed E-state index contributed by atoms with van der Waals surface area (Å²) in [5, 5.41) is 7.12. The molecule has 6 nitrogen and oxygen atoms in total. The normalized spacial score (nSPS) is 25.4. The molecule has 152 valence electrons. The molecule has 0 radical (unpaired) electrons. The number of thiazole rings is 1. The second kappa shape index (κ2) is 9.63. The molecule has 2 saturated heterocycles. The molecule has 0 saturated carbocycles. The van der Waals surface area contributed by atoms with Crippen LogP contribution in [0.25, 0.3) is 0 Å². The molecule has 2 aliphatic heterocycles. The molecule has 0 bridgehead atoms. The first kappa shape index (κ1) is 21.8. The van der Waals surface area contributed by atoms with Crippen LogP contribution in [0.2, 0.25) is 0 Å². The second-order valence-electron chi connectivity index (χ2n) is 6.30. The number of carboxylic acid groups (broad SMARTS) is 1. The van der Waals surface area contributed by atoms with Gasteiger partial charge in [-0.05, 0) is 19.8 Å². The molecule has 0 aromatic carbocycles. The lowest BCUT2D eigenvalue weighted by Gasteiger charge is -2.32. The number of aromatic nitrogens is 1. The number of aliphatic carboxylic acids is 1. The summed E-state index contributed by atoms with van der Waals surface area (Å²) in [5.74, 6) is -2.76. The topological polar surface area (TPSA) is 71.9 Å². The first-order valence-corrected chi connectivity index (χ1v) is 9.39. The van der Waals surface area contributed by atoms with E-state index in [9.17, 15) is 13.2 Å². The highest BCUT2D eigenvalue weighted by atomic mass is 32.1. The number of alkyl halides is 3. The Bertz CT molecular complexity index is 638. The van der Waals surface area contributed by atoms with Crippen molar-refractivity contribution >= 4 is 17.3 Å². The predicted molar refractivity (Wildman–Crippen MR) is 93.7 cm³/mol. The minimum Gasteiger partial charge on any atom is -0.475 e. The quantitative estimate of drug-likeness (QED) is 0.756. The molecule has 0 aliphatic carbocycles. The Morgan fingerprint density at radius 2 is 2.30 bits per heavy atom. The second-order valence-corrected chi connectivity index (χ2v) is 7.24. The van der Waals surface area contributed by atoms with Crippen LogP contribution in [0.4, 0.5) is 13.2 Å². The smallest absolute Gasteiger partial charge is 0.475 e. The Hall–Kier alpha value is -1.49. The average molecular weight is 408 g/mol. The fourth-order valence-corrected chi connectivity index (χ4v) is 3.99. The molecule has 1 aromatic heterocycles. The fourth-order valence-electron chi connectivity index (χ4n) is 3.19. The van der Waals surface area contributed by atoms with Gasteiger partial charge in [-0.15, -0.1) is 17.9 Å². The molecule has 0 spiro atoms. The van der Waals surface area contributed by atoms with Crippen molar-refractivity contribution in [2.24, 2.45) is 0 Å². The van der Waals surface area contributed by atoms with Crippen LogP contribution in [-0.4, -0.2) is 65.1 Å². The molecule has 2 aliphatic rings. The highest BCUT2D eigenvalue weighted by molar-refractivity contribution is 7.09. The number of carboxylic acids is 1. The Morgan fingerprint density at radius 3 is 2.85 bits per heavy atom. The van der Waals surface area contributed by atoms with E-state index in [-0.39, 0.29) is 12.2 Å². The van der Waals surface area contributed by atoms with Crippen molar-refractivity contribution in [3.63, 3.8) is 0 Å². The number of aryl methyl sites for hydroxylation is 1. The van der Waals surface area contributed by atoms with Crippen molar-refractivity contribution in [2.45, 2.75) is 50.7 Å². The Morgan fingerprint density at radius 1 is 1.59 bits per heavy atom. The Balaban J connectivity index is 0.000000321. The lowest BCUT2D eigenvalue weighted by Crippen LogP contribution is -2.41. The molecule has 10 heteroatoms. The van der Waals surface area contributed by atoms with Crippen molar-refractivity contribution in [2.75, 3.05) is 19.8 Å². The summed E-state index contributed by atoms with van der Waals surface area (Å²) in [5.41, 5.74) is 3.08. The first-order valence-electron chi connectivity index (χ1n) is 8.51. The third-order valence-corrected chi connectivity index (χ3v) is 5.37. The van der Waals surface area contributed by atoms with E-state index in [1.165, 1.54) is 11.3 Å². The van der Waals surface area contributed by atoms with Gasteiger partial charge in [-0.3, -0.25) is 4.90 Å². The molecule has 27 heavy (non-hydrogen) atoms. The maximum absolute atomic E-state index is 10.6. The van der Waals surface area contributed by atoms with Crippen LogP contribution in [0.3, 0.4) is 0 Å². The monoisotopic (exact) mass is 408 g/mol. The number of hydrogen-bond donors (Lipinski definition) is 1. The van der Waals surface area contributed by atoms with Gasteiger partial charge in [0.15, 0.2) is 0 Å². The molecule has 3 heterocycles. The molecule has 0 unspecified atom stereocenters. The van der Waals surface area contributed by atoms with Gasteiger partial charge in [0.05, 0.1) is 23.9 Å². The number of fused-ring (bicyclic) bond motifs is 1. The van der Waals surface area contributed by atoms with E-state index in [1.807, 2.05) is 11.6 Å². The van der Waals surface area contributed by atoms with E-state index in [2.05, 4.69) is 23.4 Å². The van der Waals surface area contributed by atoms with Gasteiger partial charge in [-0.1, -0.05) is 6.08 Å². The van der Waals surface area contributed by atoms with E-state index >= 15 is 0 Å². The van der Waals surface area contributed by atoms with Crippen molar-refractivity contribution in [1.82, 2.24) is 9.88 Å². The summed E-state index contributed by atoms with van der Waals surface area (Å²) in [6.45, 7) is 9.19. The highest BCUT2D eigenvalue weighted by Gasteiger charge is 2.44. The van der Waals surface area contributed by atoms with Crippen LogP contribution in [0, 0.1) is 6.92 Å². The molecule has 0 amide bonds. The summed E-state index contributed by atoms with van der Waals surface area (Å²) in [4.78, 5) is 17.1. The third-order valence-electron chi connectivity index (χ3n) is 4.45. The number of carbonyl (C=O) groups is 1. The van der Waals surface area contributed by atoms with Crippen LogP contribution in [-0.2, 0) is 20.8 Å². The van der Waals surface area contributed by atoms with Crippen LogP contribution in [0.1, 0.15) is 23.4 Å². The van der Waals surface area contributed by atoms with Gasteiger partial charge in [0, 0.05) is 30.6 Å². The summed E-state index contributed by atoms with van der Waals surface area (Å²) < 4.78 is 43.6. The van der Waals surface area contributed by atoms with Gasteiger partial charge in [-0.25, -0.2) is 9.78 Å². The summed E-state index contributed by atoms with van der Waals surface area (Å²) in [7, 11) is 0. The summed E-state index contributed by atoms with van der Waals surface area (Å²) in [6, 6.07) is 0.486. The molecule has 3 rings (SSSR count). The van der Waals surface area contributed by atoms with Gasteiger partial charge >= 0.3 is 12.1 Å². The van der Waals surface area contributed by atoms with Gasteiger partial charge in [0.1, 0.15) is 6.10 Å². The van der Waals surface area contributed by atoms with Gasteiger partial charge in [0.2, 0.25) is 0 Å². The highest BCUT2D eigenvalue weighted by Crippen LogP contribution is 2.32. The van der Waals surface area contributed by atoms with E-state index in [4.69, 9.17) is 19.4 Å². The van der Waals surface area contributed by atoms with E-state index in [0.29, 0.717) is 12.6 Å². The van der Waals surface area contributed by atoms with Crippen LogP contribution in [0.15, 0.2) is 18.2 Å². The van der Waals surface area contributed by atoms with Gasteiger partial charge in [0.25, 0.3) is 0 Å². The summed E-state index contributed by atoms with van der Waals surface area (Å²) >= 11 is 1.74. The number of ether oxygens (including phenoxy) is 2. The first-order chi connectivity index (χ1) is 12.7. The molecule has 2 fully saturated rings. The zero-order chi connectivity index (χ0) is 20.0. The number of likely N-dealkylation sites (tertiary alicyclic amines) is 1. The number of hydrogen-bond acceptors (Lipinski definition) is 6. The lowest BCUT2D eigenvalue weighted by atomic mass is 10.0. The lowest BCUT2D eigenvalue weighted by molar-refractivity contribution is -0.192. The van der Waals surface area contributed by atoms with Crippen LogP contribution >= 0.6 is 11.3 Å². The van der Waals surface area contributed by atoms with Gasteiger partial charge < -0.3 is 14.6 Å². The van der Waals surface area contributed by atoms with Crippen molar-refractivity contribution in [3.05, 3.63) is 28.7 Å². The van der Waals surface area contributed by atoms with E-state index in [0.717, 1.165) is 31.8 Å². The van der Waals surface area contributed by atoms with E-state index < -0.39 is 12.1 Å². The Kier molecular flexibility index (Phi) is 7.78. The molecular weight excluding hydrogens is 385 g/mol. The average Bonchev–Trinajstić information content (AvgIpc) is 3.17. The number of rotatable bonds is 5. The number of nitrogens with zero attached hydrogens (tertiary/aromatic N) is 2. The Labute approximate surface area is 159 Å². The maximum Gasteiger partial charge on any atom is 0.490 e. The van der Waals surface area contributed by atoms with Crippen molar-refractivity contribution < 1.29 is 32.5 Å².